The number of anilines is 1. The van der Waals surface area contributed by atoms with Crippen LogP contribution in [0.3, 0.4) is 0 Å². The van der Waals surface area contributed by atoms with Gasteiger partial charge in [0.2, 0.25) is 0 Å². The molecule has 5 nitrogen and oxygen atoms in total. The molecule has 0 aliphatic rings. The number of halogens is 1. The van der Waals surface area contributed by atoms with Crippen LogP contribution in [0.5, 0.6) is 5.75 Å². The van der Waals surface area contributed by atoms with Gasteiger partial charge in [0.25, 0.3) is 0 Å². The van der Waals surface area contributed by atoms with Crippen LogP contribution in [0.15, 0.2) is 48.8 Å². The van der Waals surface area contributed by atoms with E-state index >= 15 is 0 Å². The highest BCUT2D eigenvalue weighted by atomic mass is 19.1. The molecule has 0 spiro atoms. The number of benzene rings is 2. The molecule has 1 heterocycles. The van der Waals surface area contributed by atoms with E-state index in [0.717, 1.165) is 11.3 Å². The van der Waals surface area contributed by atoms with E-state index in [1.165, 1.54) is 18.5 Å². The van der Waals surface area contributed by atoms with E-state index in [-0.39, 0.29) is 11.9 Å². The fourth-order valence-electron chi connectivity index (χ4n) is 2.79. The summed E-state index contributed by atoms with van der Waals surface area (Å²) >= 11 is 0. The summed E-state index contributed by atoms with van der Waals surface area (Å²) in [5.41, 5.74) is 1.87. The highest BCUT2D eigenvalue weighted by Crippen LogP contribution is 2.24. The van der Waals surface area contributed by atoms with Crippen LogP contribution in [0.2, 0.25) is 0 Å². The first kappa shape index (κ1) is 17.1. The van der Waals surface area contributed by atoms with Gasteiger partial charge >= 0.3 is 0 Å². The van der Waals surface area contributed by atoms with Crippen molar-refractivity contribution in [2.75, 3.05) is 33.1 Å². The lowest BCUT2D eigenvalue weighted by Gasteiger charge is -2.25. The molecule has 0 aliphatic heterocycles. The Labute approximate surface area is 146 Å². The van der Waals surface area contributed by atoms with E-state index in [1.807, 2.05) is 38.4 Å². The summed E-state index contributed by atoms with van der Waals surface area (Å²) in [6.07, 6.45) is 1.49. The average Bonchev–Trinajstić information content (AvgIpc) is 2.62. The number of ether oxygens (including phenoxy) is 1. The second-order valence-corrected chi connectivity index (χ2v) is 6.02. The third kappa shape index (κ3) is 3.85. The first-order valence-electron chi connectivity index (χ1n) is 8.03. The predicted molar refractivity (Wildman–Crippen MR) is 97.4 cm³/mol. The van der Waals surface area contributed by atoms with Gasteiger partial charge in [0.1, 0.15) is 23.7 Å². The quantitative estimate of drug-likeness (QED) is 0.744. The van der Waals surface area contributed by atoms with Gasteiger partial charge < -0.3 is 15.0 Å². The van der Waals surface area contributed by atoms with Crippen molar-refractivity contribution in [2.45, 2.75) is 6.04 Å². The maximum Gasteiger partial charge on any atom is 0.137 e. The van der Waals surface area contributed by atoms with Crippen LogP contribution in [0.1, 0.15) is 11.6 Å². The molecule has 0 bridgehead atoms. The highest BCUT2D eigenvalue weighted by molar-refractivity contribution is 5.88. The van der Waals surface area contributed by atoms with Gasteiger partial charge in [-0.1, -0.05) is 12.1 Å². The van der Waals surface area contributed by atoms with Crippen molar-refractivity contribution >= 4 is 16.7 Å². The lowest BCUT2D eigenvalue weighted by Crippen LogP contribution is -2.27. The van der Waals surface area contributed by atoms with E-state index in [4.69, 9.17) is 4.74 Å². The third-order valence-electron chi connectivity index (χ3n) is 4.18. The Balaban J connectivity index is 1.83. The minimum atomic E-state index is -0.301. The molecule has 0 radical (unpaired) electrons. The molecule has 0 fully saturated rings. The van der Waals surface area contributed by atoms with Crippen LogP contribution in [-0.2, 0) is 0 Å². The average molecular weight is 340 g/mol. The van der Waals surface area contributed by atoms with Gasteiger partial charge in [-0.15, -0.1) is 0 Å². The van der Waals surface area contributed by atoms with Crippen molar-refractivity contribution in [3.8, 4) is 5.75 Å². The molecule has 0 aliphatic carbocycles. The maximum absolute atomic E-state index is 13.6. The van der Waals surface area contributed by atoms with Crippen molar-refractivity contribution in [1.29, 1.82) is 0 Å². The smallest absolute Gasteiger partial charge is 0.137 e. The number of likely N-dealkylation sites (N-methyl/N-ethyl adjacent to an activating group) is 1. The molecule has 130 valence electrons. The molecular formula is C19H21FN4O. The molecule has 3 aromatic rings. The Hall–Kier alpha value is -2.73. The van der Waals surface area contributed by atoms with Crippen molar-refractivity contribution in [3.05, 3.63) is 60.2 Å². The molecule has 1 N–H and O–H groups in total. The summed E-state index contributed by atoms with van der Waals surface area (Å²) in [6.45, 7) is 0.627. The van der Waals surface area contributed by atoms with Crippen LogP contribution in [0, 0.1) is 5.82 Å². The predicted octanol–water partition coefficient (Wildman–Crippen LogP) is 3.49. The molecule has 1 aromatic heterocycles. The molecular weight excluding hydrogens is 319 g/mol. The zero-order valence-electron chi connectivity index (χ0n) is 14.5. The minimum Gasteiger partial charge on any atom is -0.497 e. The maximum atomic E-state index is 13.6. The molecule has 0 amide bonds. The van der Waals surface area contributed by atoms with E-state index in [9.17, 15) is 4.39 Å². The Morgan fingerprint density at radius 1 is 1.12 bits per heavy atom. The molecule has 0 saturated heterocycles. The third-order valence-corrected chi connectivity index (χ3v) is 4.18. The SMILES string of the molecule is COc1ccc(C(CNc2ncnc3ccc(F)cc23)N(C)C)cc1. The van der Waals surface area contributed by atoms with E-state index in [1.54, 1.807) is 13.2 Å². The Kier molecular flexibility index (Phi) is 5.09. The van der Waals surface area contributed by atoms with Gasteiger partial charge in [-0.25, -0.2) is 14.4 Å². The van der Waals surface area contributed by atoms with E-state index in [0.29, 0.717) is 23.3 Å². The second-order valence-electron chi connectivity index (χ2n) is 6.02. The number of nitrogens with zero attached hydrogens (tertiary/aromatic N) is 3. The molecule has 0 saturated carbocycles. The molecule has 25 heavy (non-hydrogen) atoms. The molecule has 1 atom stereocenters. The first-order valence-corrected chi connectivity index (χ1v) is 8.03. The number of aromatic nitrogens is 2. The summed E-state index contributed by atoms with van der Waals surface area (Å²) in [6, 6.07) is 12.6. The largest absolute Gasteiger partial charge is 0.497 e. The number of methoxy groups -OCH3 is 1. The van der Waals surface area contributed by atoms with Gasteiger partial charge in [0.05, 0.1) is 18.7 Å². The monoisotopic (exact) mass is 340 g/mol. The number of hydrogen-bond acceptors (Lipinski definition) is 5. The molecule has 1 unspecified atom stereocenters. The molecule has 2 aromatic carbocycles. The van der Waals surface area contributed by atoms with Crippen LogP contribution >= 0.6 is 0 Å². The van der Waals surface area contributed by atoms with Gasteiger partial charge in [-0.3, -0.25) is 0 Å². The Morgan fingerprint density at radius 2 is 1.88 bits per heavy atom. The van der Waals surface area contributed by atoms with Crippen molar-refractivity contribution in [1.82, 2.24) is 14.9 Å². The lowest BCUT2D eigenvalue weighted by molar-refractivity contribution is 0.311. The second kappa shape index (κ2) is 7.44. The van der Waals surface area contributed by atoms with Crippen LogP contribution in [0.25, 0.3) is 10.9 Å². The Bertz CT molecular complexity index is 852. The summed E-state index contributed by atoms with van der Waals surface area (Å²) in [5.74, 6) is 1.15. The van der Waals surface area contributed by atoms with E-state index < -0.39 is 0 Å². The number of fused-ring (bicyclic) bond motifs is 1. The summed E-state index contributed by atoms with van der Waals surface area (Å²) in [5, 5.41) is 4.01. The zero-order valence-corrected chi connectivity index (χ0v) is 14.5. The number of nitrogens with one attached hydrogen (secondary N) is 1. The topological polar surface area (TPSA) is 50.3 Å². The van der Waals surface area contributed by atoms with Crippen molar-refractivity contribution < 1.29 is 9.13 Å². The first-order chi connectivity index (χ1) is 12.1. The fraction of sp³-hybridized carbons (Fsp3) is 0.263. The number of rotatable bonds is 6. The highest BCUT2D eigenvalue weighted by Gasteiger charge is 2.15. The van der Waals surface area contributed by atoms with Gasteiger partial charge in [-0.2, -0.15) is 0 Å². The van der Waals surface area contributed by atoms with Gasteiger partial charge in [0.15, 0.2) is 0 Å². The minimum absolute atomic E-state index is 0.129. The summed E-state index contributed by atoms with van der Waals surface area (Å²) in [7, 11) is 5.70. The van der Waals surface area contributed by atoms with Crippen molar-refractivity contribution in [3.63, 3.8) is 0 Å². The summed E-state index contributed by atoms with van der Waals surface area (Å²) in [4.78, 5) is 10.6. The van der Waals surface area contributed by atoms with Crippen LogP contribution < -0.4 is 10.1 Å². The van der Waals surface area contributed by atoms with Gasteiger partial charge in [0, 0.05) is 11.9 Å². The molecule has 6 heteroatoms. The van der Waals surface area contributed by atoms with E-state index in [2.05, 4.69) is 20.2 Å². The summed E-state index contributed by atoms with van der Waals surface area (Å²) < 4.78 is 18.8. The van der Waals surface area contributed by atoms with Gasteiger partial charge in [-0.05, 0) is 50.0 Å². The standard InChI is InChI=1S/C19H21FN4O/c1-24(2)18(13-4-7-15(25-3)8-5-13)11-21-19-16-10-14(20)6-9-17(16)22-12-23-19/h4-10,12,18H,11H2,1-3H3,(H,21,22,23). The van der Waals surface area contributed by atoms with Crippen LogP contribution in [-0.4, -0.2) is 42.6 Å². The normalized spacial score (nSPS) is 12.4. The fourth-order valence-corrected chi connectivity index (χ4v) is 2.79. The Morgan fingerprint density at radius 3 is 2.56 bits per heavy atom. The zero-order chi connectivity index (χ0) is 17.8. The lowest BCUT2D eigenvalue weighted by atomic mass is 10.1. The van der Waals surface area contributed by atoms with Crippen molar-refractivity contribution in [2.24, 2.45) is 0 Å². The molecule has 3 rings (SSSR count). The number of hydrogen-bond donors (Lipinski definition) is 1. The van der Waals surface area contributed by atoms with Crippen LogP contribution in [0.4, 0.5) is 10.2 Å².